The molecule has 1 aromatic carbocycles. The van der Waals surface area contributed by atoms with Crippen LogP contribution in [0.4, 0.5) is 5.69 Å². The van der Waals surface area contributed by atoms with Crippen molar-refractivity contribution >= 4 is 11.6 Å². The van der Waals surface area contributed by atoms with E-state index in [1.54, 1.807) is 4.90 Å². The Bertz CT molecular complexity index is 489. The van der Waals surface area contributed by atoms with Gasteiger partial charge in [-0.3, -0.25) is 4.79 Å². The second-order valence-corrected chi connectivity index (χ2v) is 5.42. The van der Waals surface area contributed by atoms with Crippen LogP contribution in [0, 0.1) is 0 Å². The van der Waals surface area contributed by atoms with Crippen LogP contribution in [0.5, 0.6) is 0 Å². The molecule has 3 nitrogen and oxygen atoms in total. The number of rotatable bonds is 2. The summed E-state index contributed by atoms with van der Waals surface area (Å²) >= 11 is 0. The van der Waals surface area contributed by atoms with E-state index in [0.29, 0.717) is 6.42 Å². The Morgan fingerprint density at radius 1 is 1.41 bits per heavy atom. The summed E-state index contributed by atoms with van der Waals surface area (Å²) in [5.41, 5.74) is 9.77. The first-order chi connectivity index (χ1) is 8.04. The third-order valence-electron chi connectivity index (χ3n) is 4.40. The largest absolute Gasteiger partial charge is 0.327 e. The van der Waals surface area contributed by atoms with Crippen LogP contribution in [0.15, 0.2) is 18.2 Å². The van der Waals surface area contributed by atoms with Crippen LogP contribution in [0.25, 0.3) is 0 Å². The van der Waals surface area contributed by atoms with Crippen molar-refractivity contribution in [2.24, 2.45) is 5.73 Å². The molecule has 3 rings (SSSR count). The number of carbonyl (C=O) groups excluding carboxylic acids is 1. The lowest BCUT2D eigenvalue weighted by Gasteiger charge is -2.21. The first kappa shape index (κ1) is 10.8. The van der Waals surface area contributed by atoms with E-state index in [9.17, 15) is 4.79 Å². The topological polar surface area (TPSA) is 46.3 Å². The van der Waals surface area contributed by atoms with Gasteiger partial charge in [-0.2, -0.15) is 0 Å². The van der Waals surface area contributed by atoms with E-state index < -0.39 is 0 Å². The van der Waals surface area contributed by atoms with Crippen molar-refractivity contribution in [3.63, 3.8) is 0 Å². The molecular weight excluding hydrogens is 212 g/mol. The molecule has 0 saturated heterocycles. The molecule has 0 bridgehead atoms. The molecule has 0 aromatic heterocycles. The first-order valence-corrected chi connectivity index (χ1v) is 6.20. The van der Waals surface area contributed by atoms with Crippen molar-refractivity contribution in [2.75, 3.05) is 11.9 Å². The molecule has 2 N–H and O–H groups in total. The summed E-state index contributed by atoms with van der Waals surface area (Å²) in [5, 5.41) is 0. The zero-order chi connectivity index (χ0) is 12.2. The molecule has 1 unspecified atom stereocenters. The van der Waals surface area contributed by atoms with Crippen molar-refractivity contribution in [3.05, 3.63) is 29.3 Å². The van der Waals surface area contributed by atoms with Crippen LogP contribution in [-0.2, 0) is 16.6 Å². The monoisotopic (exact) mass is 230 g/mol. The van der Waals surface area contributed by atoms with Gasteiger partial charge >= 0.3 is 0 Å². The molecule has 90 valence electrons. The Morgan fingerprint density at radius 3 is 2.71 bits per heavy atom. The summed E-state index contributed by atoms with van der Waals surface area (Å²) < 4.78 is 0. The van der Waals surface area contributed by atoms with E-state index in [4.69, 9.17) is 5.73 Å². The van der Waals surface area contributed by atoms with Gasteiger partial charge < -0.3 is 10.6 Å². The summed E-state index contributed by atoms with van der Waals surface area (Å²) in [6, 6.07) is 6.59. The summed E-state index contributed by atoms with van der Waals surface area (Å²) in [6.07, 6.45) is 2.87. The number of nitrogens with zero attached hydrogens (tertiary/aromatic N) is 1. The highest BCUT2D eigenvalue weighted by molar-refractivity contribution is 6.01. The third kappa shape index (κ3) is 1.42. The van der Waals surface area contributed by atoms with Crippen molar-refractivity contribution in [2.45, 2.75) is 37.6 Å². The maximum absolute atomic E-state index is 11.6. The molecule has 1 aromatic rings. The van der Waals surface area contributed by atoms with Gasteiger partial charge in [-0.05, 0) is 37.0 Å². The molecule has 1 heterocycles. The molecule has 0 radical (unpaired) electrons. The maximum atomic E-state index is 11.6. The van der Waals surface area contributed by atoms with Crippen LogP contribution in [0.3, 0.4) is 0 Å². The molecule has 17 heavy (non-hydrogen) atoms. The Kier molecular flexibility index (Phi) is 2.11. The molecule has 1 fully saturated rings. The lowest BCUT2D eigenvalue weighted by molar-refractivity contribution is -0.117. The lowest BCUT2D eigenvalue weighted by atomic mass is 9.88. The zero-order valence-electron chi connectivity index (χ0n) is 10.4. The Morgan fingerprint density at radius 2 is 2.12 bits per heavy atom. The number of hydrogen-bond donors (Lipinski definition) is 1. The van der Waals surface area contributed by atoms with Crippen LogP contribution < -0.4 is 10.6 Å². The Labute approximate surface area is 102 Å². The normalized spacial score (nSPS) is 22.5. The summed E-state index contributed by atoms with van der Waals surface area (Å²) in [6.45, 7) is 2.08. The SMILES string of the molecule is CC(N)C1(c2ccc3c(c2)N(C)C(=O)C3)CC1. The van der Waals surface area contributed by atoms with Gasteiger partial charge in [0.25, 0.3) is 0 Å². The highest BCUT2D eigenvalue weighted by Gasteiger charge is 2.47. The molecule has 1 aliphatic heterocycles. The van der Waals surface area contributed by atoms with Crippen LogP contribution in [0.1, 0.15) is 30.9 Å². The smallest absolute Gasteiger partial charge is 0.231 e. The zero-order valence-corrected chi connectivity index (χ0v) is 10.4. The quantitative estimate of drug-likeness (QED) is 0.838. The second kappa shape index (κ2) is 3.33. The predicted molar refractivity (Wildman–Crippen MR) is 68.1 cm³/mol. The van der Waals surface area contributed by atoms with Crippen molar-refractivity contribution < 1.29 is 4.79 Å². The first-order valence-electron chi connectivity index (χ1n) is 6.20. The van der Waals surface area contributed by atoms with E-state index in [2.05, 4.69) is 25.1 Å². The minimum absolute atomic E-state index is 0.168. The van der Waals surface area contributed by atoms with E-state index in [1.165, 1.54) is 18.4 Å². The van der Waals surface area contributed by atoms with Crippen LogP contribution >= 0.6 is 0 Å². The number of benzene rings is 1. The molecular formula is C14H18N2O. The minimum Gasteiger partial charge on any atom is -0.327 e. The van der Waals surface area contributed by atoms with E-state index >= 15 is 0 Å². The number of nitrogens with two attached hydrogens (primary N) is 1. The van der Waals surface area contributed by atoms with Crippen LogP contribution in [0.2, 0.25) is 0 Å². The van der Waals surface area contributed by atoms with Gasteiger partial charge in [-0.15, -0.1) is 0 Å². The van der Waals surface area contributed by atoms with E-state index in [-0.39, 0.29) is 17.4 Å². The average Bonchev–Trinajstić information content (AvgIpc) is 3.05. The molecule has 1 amide bonds. The number of fused-ring (bicyclic) bond motifs is 1. The minimum atomic E-state index is 0.168. The van der Waals surface area contributed by atoms with Crippen molar-refractivity contribution in [3.8, 4) is 0 Å². The number of likely N-dealkylation sites (N-methyl/N-ethyl adjacent to an activating group) is 1. The van der Waals surface area contributed by atoms with E-state index in [0.717, 1.165) is 11.3 Å². The van der Waals surface area contributed by atoms with Gasteiger partial charge in [0.15, 0.2) is 0 Å². The molecule has 1 saturated carbocycles. The number of amides is 1. The van der Waals surface area contributed by atoms with Gasteiger partial charge in [-0.1, -0.05) is 12.1 Å². The van der Waals surface area contributed by atoms with Crippen LogP contribution in [-0.4, -0.2) is 19.0 Å². The van der Waals surface area contributed by atoms with E-state index in [1.807, 2.05) is 7.05 Å². The summed E-state index contributed by atoms with van der Waals surface area (Å²) in [5.74, 6) is 0.183. The summed E-state index contributed by atoms with van der Waals surface area (Å²) in [4.78, 5) is 13.4. The highest BCUT2D eigenvalue weighted by Crippen LogP contribution is 2.51. The fourth-order valence-corrected chi connectivity index (χ4v) is 2.89. The van der Waals surface area contributed by atoms with Gasteiger partial charge in [0.2, 0.25) is 5.91 Å². The molecule has 1 atom stereocenters. The average molecular weight is 230 g/mol. The van der Waals surface area contributed by atoms with Gasteiger partial charge in [0.05, 0.1) is 6.42 Å². The molecule has 1 aliphatic carbocycles. The summed E-state index contributed by atoms with van der Waals surface area (Å²) in [7, 11) is 1.85. The molecule has 0 spiro atoms. The van der Waals surface area contributed by atoms with Crippen molar-refractivity contribution in [1.29, 1.82) is 0 Å². The number of hydrogen-bond acceptors (Lipinski definition) is 2. The standard InChI is InChI=1S/C14H18N2O/c1-9(15)14(5-6-14)11-4-3-10-7-13(17)16(2)12(10)8-11/h3-4,8-9H,5-7,15H2,1-2H3. The maximum Gasteiger partial charge on any atom is 0.231 e. The second-order valence-electron chi connectivity index (χ2n) is 5.42. The van der Waals surface area contributed by atoms with Gasteiger partial charge in [0, 0.05) is 24.2 Å². The fourth-order valence-electron chi connectivity index (χ4n) is 2.89. The molecule has 3 heteroatoms. The van der Waals surface area contributed by atoms with Gasteiger partial charge in [0.1, 0.15) is 0 Å². The van der Waals surface area contributed by atoms with Gasteiger partial charge in [-0.25, -0.2) is 0 Å². The van der Waals surface area contributed by atoms with Crippen molar-refractivity contribution in [1.82, 2.24) is 0 Å². The predicted octanol–water partition coefficient (Wildman–Crippen LogP) is 1.58. The Balaban J connectivity index is 2.03. The number of carbonyl (C=O) groups is 1. The molecule has 2 aliphatic rings. The highest BCUT2D eigenvalue weighted by atomic mass is 16.2. The fraction of sp³-hybridized carbons (Fsp3) is 0.500. The Hall–Kier alpha value is -1.35. The lowest BCUT2D eigenvalue weighted by Crippen LogP contribution is -2.31. The third-order valence-corrected chi connectivity index (χ3v) is 4.40. The number of anilines is 1.